The molecule has 0 aliphatic heterocycles. The molecule has 0 spiro atoms. The van der Waals surface area contributed by atoms with E-state index in [1.165, 1.54) is 12.1 Å². The predicted octanol–water partition coefficient (Wildman–Crippen LogP) is 3.05. The van der Waals surface area contributed by atoms with Crippen LogP contribution in [0, 0.1) is 18.6 Å². The number of hydrogen-bond acceptors (Lipinski definition) is 0. The van der Waals surface area contributed by atoms with E-state index in [-0.39, 0.29) is 51.4 Å². The van der Waals surface area contributed by atoms with Gasteiger partial charge in [0, 0.05) is 0 Å². The van der Waals surface area contributed by atoms with Crippen LogP contribution in [0.5, 0.6) is 0 Å². The van der Waals surface area contributed by atoms with E-state index in [0.717, 1.165) is 6.07 Å². The third-order valence-corrected chi connectivity index (χ3v) is 0.922. The normalized spacial score (nSPS) is 10.6. The Morgan fingerprint density at radius 1 is 0.520 bits per heavy atom. The van der Waals surface area contributed by atoms with Crippen LogP contribution in [-0.4, -0.2) is 21.8 Å². The zero-order valence-electron chi connectivity index (χ0n) is 12.0. The predicted molar refractivity (Wildman–Crippen MR) is 61.4 cm³/mol. The van der Waals surface area contributed by atoms with Crippen molar-refractivity contribution in [1.29, 1.82) is 0 Å². The van der Waals surface area contributed by atoms with Gasteiger partial charge in [0.05, 0.1) is 11.6 Å². The molecule has 25 heavy (non-hydrogen) atoms. The summed E-state index contributed by atoms with van der Waals surface area (Å²) in [4.78, 5) is 0. The molecular weight excluding hydrogens is 422 g/mol. The zero-order chi connectivity index (χ0) is 20.4. The standard InChI is InChI=1S/C7H5F2.3BF4.K/c1-5-2-6(8)4-7(9)3-5;3*2-1(3,4)5;/h2-4H,1H2;;;;/q4*-1;+1. The van der Waals surface area contributed by atoms with Gasteiger partial charge >= 0.3 is 73.1 Å². The van der Waals surface area contributed by atoms with Crippen LogP contribution < -0.4 is 51.4 Å². The molecule has 0 saturated heterocycles. The minimum Gasteiger partial charge on any atom is -0.418 e. The van der Waals surface area contributed by atoms with Gasteiger partial charge < -0.3 is 51.8 Å². The van der Waals surface area contributed by atoms with Crippen molar-refractivity contribution in [2.45, 2.75) is 0 Å². The Hall–Kier alpha value is -0.0588. The molecule has 0 fully saturated rings. The number of benzene rings is 1. The molecule has 0 amide bonds. The summed E-state index contributed by atoms with van der Waals surface area (Å²) in [5.74, 6) is -1.17. The molecule has 0 heterocycles. The van der Waals surface area contributed by atoms with Crippen LogP contribution in [0.25, 0.3) is 0 Å². The summed E-state index contributed by atoms with van der Waals surface area (Å²) in [5, 5.41) is 0. The van der Waals surface area contributed by atoms with Gasteiger partial charge in [-0.2, -0.15) is 12.5 Å². The first-order valence-electron chi connectivity index (χ1n) is 5.08. The summed E-state index contributed by atoms with van der Waals surface area (Å²) < 4.78 is 141. The molecule has 0 atom stereocenters. The van der Waals surface area contributed by atoms with E-state index in [4.69, 9.17) is 0 Å². The molecule has 0 aliphatic rings. The van der Waals surface area contributed by atoms with Crippen LogP contribution in [0.1, 0.15) is 5.56 Å². The van der Waals surface area contributed by atoms with Crippen molar-refractivity contribution in [3.8, 4) is 0 Å². The molecule has 1 aromatic rings. The topological polar surface area (TPSA) is 0 Å². The summed E-state index contributed by atoms with van der Waals surface area (Å²) in [6, 6.07) is 3.15. The molecule has 0 saturated carbocycles. The van der Waals surface area contributed by atoms with Crippen LogP contribution in [-0.2, 0) is 0 Å². The van der Waals surface area contributed by atoms with Crippen molar-refractivity contribution in [2.75, 3.05) is 0 Å². The molecule has 0 aromatic heterocycles. The molecule has 0 bridgehead atoms. The monoisotopic (exact) mass is 427 g/mol. The van der Waals surface area contributed by atoms with Gasteiger partial charge in [-0.05, 0) is 6.07 Å². The van der Waals surface area contributed by atoms with E-state index in [0.29, 0.717) is 5.56 Å². The van der Waals surface area contributed by atoms with Crippen molar-refractivity contribution >= 4 is 21.8 Å². The first kappa shape index (κ1) is 32.6. The van der Waals surface area contributed by atoms with E-state index in [1.54, 1.807) is 0 Å². The number of halogens is 14. The summed E-state index contributed by atoms with van der Waals surface area (Å²) in [6.07, 6.45) is 0. The van der Waals surface area contributed by atoms with Crippen molar-refractivity contribution in [3.05, 3.63) is 42.3 Å². The Morgan fingerprint density at radius 3 is 0.800 bits per heavy atom. The maximum atomic E-state index is 12.1. The van der Waals surface area contributed by atoms with E-state index < -0.39 is 33.4 Å². The molecule has 0 N–H and O–H groups in total. The van der Waals surface area contributed by atoms with Gasteiger partial charge in [0.25, 0.3) is 0 Å². The minimum atomic E-state index is -6.00. The smallest absolute Gasteiger partial charge is 0.418 e. The summed E-state index contributed by atoms with van der Waals surface area (Å²) in [6.45, 7) is 3.36. The van der Waals surface area contributed by atoms with Gasteiger partial charge in [0.15, 0.2) is 0 Å². The number of hydrogen-bond donors (Lipinski definition) is 0. The Kier molecular flexibility index (Phi) is 18.3. The Morgan fingerprint density at radius 2 is 0.680 bits per heavy atom. The molecule has 0 nitrogen and oxygen atoms in total. The van der Waals surface area contributed by atoms with Crippen molar-refractivity contribution in [2.24, 2.45) is 0 Å². The SMILES string of the molecule is F[B-](F)(F)F.F[B-](F)(F)F.F[B-](F)(F)F.[CH2-]c1cc(F)cc(F)c1.[K+]. The average molecular weight is 427 g/mol. The van der Waals surface area contributed by atoms with Crippen LogP contribution in [0.4, 0.5) is 60.6 Å². The second kappa shape index (κ2) is 14.1. The molecule has 18 heteroatoms. The fourth-order valence-corrected chi connectivity index (χ4v) is 0.611. The summed E-state index contributed by atoms with van der Waals surface area (Å²) in [5.41, 5.74) is 0.354. The van der Waals surface area contributed by atoms with Gasteiger partial charge in [-0.3, -0.25) is 0 Å². The van der Waals surface area contributed by atoms with Crippen LogP contribution in [0.15, 0.2) is 18.2 Å². The maximum Gasteiger partial charge on any atom is 1.00 e. The largest absolute Gasteiger partial charge is 1.00 e. The van der Waals surface area contributed by atoms with E-state index in [1.807, 2.05) is 0 Å². The Balaban J connectivity index is -0.000000122. The number of rotatable bonds is 0. The van der Waals surface area contributed by atoms with E-state index in [2.05, 4.69) is 6.92 Å². The van der Waals surface area contributed by atoms with Gasteiger partial charge in [-0.1, -0.05) is 0 Å². The molecule has 0 radical (unpaired) electrons. The Labute approximate surface area is 175 Å². The molecular formula is C7H5B3F14K-3. The van der Waals surface area contributed by atoms with E-state index in [9.17, 15) is 60.6 Å². The first-order chi connectivity index (χ1) is 10.2. The third kappa shape index (κ3) is 80.8. The summed E-state index contributed by atoms with van der Waals surface area (Å²) in [7, 11) is -18.0. The zero-order valence-corrected chi connectivity index (χ0v) is 15.1. The second-order valence-corrected chi connectivity index (χ2v) is 3.26. The van der Waals surface area contributed by atoms with Gasteiger partial charge in [0.1, 0.15) is 0 Å². The molecule has 1 rings (SSSR count). The summed E-state index contributed by atoms with van der Waals surface area (Å²) >= 11 is 0. The van der Waals surface area contributed by atoms with Crippen molar-refractivity contribution in [1.82, 2.24) is 0 Å². The molecule has 0 unspecified atom stereocenters. The van der Waals surface area contributed by atoms with Gasteiger partial charge in [-0.15, -0.1) is 12.1 Å². The maximum absolute atomic E-state index is 12.1. The van der Waals surface area contributed by atoms with Crippen LogP contribution in [0.3, 0.4) is 0 Å². The molecule has 144 valence electrons. The minimum absolute atomic E-state index is 0. The Bertz CT molecular complexity index is 358. The van der Waals surface area contributed by atoms with Crippen LogP contribution in [0.2, 0.25) is 0 Å². The van der Waals surface area contributed by atoms with Crippen molar-refractivity contribution in [3.63, 3.8) is 0 Å². The van der Waals surface area contributed by atoms with E-state index >= 15 is 0 Å². The van der Waals surface area contributed by atoms with Gasteiger partial charge in [0.2, 0.25) is 0 Å². The molecule has 1 aromatic carbocycles. The molecule has 0 aliphatic carbocycles. The third-order valence-electron chi connectivity index (χ3n) is 0.922. The van der Waals surface area contributed by atoms with Crippen LogP contribution >= 0.6 is 0 Å². The quantitative estimate of drug-likeness (QED) is 0.340. The fourth-order valence-electron chi connectivity index (χ4n) is 0.611. The first-order valence-corrected chi connectivity index (χ1v) is 5.08. The van der Waals surface area contributed by atoms with Crippen molar-refractivity contribution < 1.29 is 112 Å². The fraction of sp³-hybridized carbons (Fsp3) is 0. The van der Waals surface area contributed by atoms with Gasteiger partial charge in [-0.25, -0.2) is 8.78 Å². The average Bonchev–Trinajstić information content (AvgIpc) is 2.04. The second-order valence-electron chi connectivity index (χ2n) is 3.26.